The van der Waals surface area contributed by atoms with E-state index in [0.29, 0.717) is 27.4 Å². The molecule has 0 unspecified atom stereocenters. The van der Waals surface area contributed by atoms with Crippen LogP contribution in [0, 0.1) is 6.92 Å². The molecular formula is C30H27F3N4O6S. The third kappa shape index (κ3) is 8.70. The van der Waals surface area contributed by atoms with Crippen molar-refractivity contribution in [2.75, 3.05) is 17.5 Å². The van der Waals surface area contributed by atoms with Gasteiger partial charge in [-0.3, -0.25) is 13.9 Å². The highest BCUT2D eigenvalue weighted by atomic mass is 32.2. The lowest BCUT2D eigenvalue weighted by atomic mass is 10.2. The summed E-state index contributed by atoms with van der Waals surface area (Å²) in [6.07, 6.45) is -1.95. The zero-order valence-electron chi connectivity index (χ0n) is 23.2. The topological polar surface area (TPSA) is 130 Å². The van der Waals surface area contributed by atoms with Gasteiger partial charge in [0.15, 0.2) is 6.61 Å². The van der Waals surface area contributed by atoms with E-state index in [1.165, 1.54) is 42.8 Å². The van der Waals surface area contributed by atoms with Crippen LogP contribution in [0.1, 0.15) is 22.5 Å². The lowest BCUT2D eigenvalue weighted by Crippen LogP contribution is -2.39. The number of hydrogen-bond donors (Lipinski definition) is 2. The zero-order chi connectivity index (χ0) is 31.7. The van der Waals surface area contributed by atoms with E-state index >= 15 is 0 Å². The number of benzene rings is 3. The first kappa shape index (κ1) is 31.8. The van der Waals surface area contributed by atoms with Crippen LogP contribution in [0.4, 0.5) is 18.9 Å². The number of carbonyl (C=O) groups is 2. The number of alkyl halides is 3. The number of halogens is 3. The van der Waals surface area contributed by atoms with Gasteiger partial charge in [0.25, 0.3) is 21.8 Å². The molecule has 3 aromatic carbocycles. The number of aryl methyl sites for hydroxylation is 1. The number of nitrogens with zero attached hydrogens (tertiary/aromatic N) is 2. The molecule has 4 aromatic rings. The van der Waals surface area contributed by atoms with Crippen molar-refractivity contribution in [1.29, 1.82) is 0 Å². The van der Waals surface area contributed by atoms with E-state index in [4.69, 9.17) is 9.15 Å². The van der Waals surface area contributed by atoms with Crippen molar-refractivity contribution >= 4 is 33.7 Å². The molecule has 14 heteroatoms. The number of carbonyl (C=O) groups excluding carboxylic acids is 2. The maximum atomic E-state index is 13.4. The standard InChI is InChI=1S/C30H27F3N4O6S/c1-21-7-13-27(14-8-21)44(40,41)37(24-5-2-4-23(16-24)30(31,32)33)19-28(38)36-35-17-22-9-11-25(12-10-22)43-20-29(39)34-18-26-6-3-15-42-26/h2-17H,18-20H2,1H3,(H,34,39)(H,36,38)/b35-17-. The molecule has 0 aliphatic heterocycles. The van der Waals surface area contributed by atoms with Crippen LogP contribution in [0.2, 0.25) is 0 Å². The second kappa shape index (κ2) is 13.9. The van der Waals surface area contributed by atoms with Crippen molar-refractivity contribution in [3.8, 4) is 5.75 Å². The van der Waals surface area contributed by atoms with Crippen LogP contribution in [-0.4, -0.2) is 39.6 Å². The Morgan fingerprint density at radius 2 is 1.70 bits per heavy atom. The van der Waals surface area contributed by atoms with Gasteiger partial charge >= 0.3 is 6.18 Å². The van der Waals surface area contributed by atoms with Gasteiger partial charge in [-0.25, -0.2) is 13.8 Å². The summed E-state index contributed by atoms with van der Waals surface area (Å²) in [6.45, 7) is 0.907. The van der Waals surface area contributed by atoms with Gasteiger partial charge in [0, 0.05) is 0 Å². The summed E-state index contributed by atoms with van der Waals surface area (Å²) in [5, 5.41) is 6.47. The molecular weight excluding hydrogens is 601 g/mol. The van der Waals surface area contributed by atoms with Crippen molar-refractivity contribution in [3.63, 3.8) is 0 Å². The Bertz CT molecular complexity index is 1710. The van der Waals surface area contributed by atoms with Gasteiger partial charge in [-0.05, 0) is 79.2 Å². The Morgan fingerprint density at radius 1 is 0.977 bits per heavy atom. The van der Waals surface area contributed by atoms with E-state index in [-0.39, 0.29) is 29.6 Å². The number of hydrazone groups is 1. The Balaban J connectivity index is 1.39. The van der Waals surface area contributed by atoms with E-state index in [1.807, 2.05) is 0 Å². The number of rotatable bonds is 12. The maximum absolute atomic E-state index is 13.4. The molecule has 0 aliphatic carbocycles. The van der Waals surface area contributed by atoms with E-state index in [1.54, 1.807) is 43.3 Å². The summed E-state index contributed by atoms with van der Waals surface area (Å²) in [5.74, 6) is -0.240. The molecule has 0 fully saturated rings. The molecule has 0 saturated heterocycles. The van der Waals surface area contributed by atoms with E-state index < -0.39 is 34.2 Å². The lowest BCUT2D eigenvalue weighted by molar-refractivity contribution is -0.137. The zero-order valence-corrected chi connectivity index (χ0v) is 24.1. The molecule has 1 aromatic heterocycles. The Morgan fingerprint density at radius 3 is 2.36 bits per heavy atom. The van der Waals surface area contributed by atoms with Crippen molar-refractivity contribution < 1.29 is 40.3 Å². The average molecular weight is 629 g/mol. The molecule has 0 radical (unpaired) electrons. The highest BCUT2D eigenvalue weighted by Gasteiger charge is 2.33. The number of hydrogen-bond acceptors (Lipinski definition) is 7. The van der Waals surface area contributed by atoms with Crippen LogP contribution in [0.3, 0.4) is 0 Å². The number of anilines is 1. The molecule has 0 atom stereocenters. The fourth-order valence-electron chi connectivity index (χ4n) is 3.78. The number of furan rings is 1. The van der Waals surface area contributed by atoms with Gasteiger partial charge in [0.1, 0.15) is 18.1 Å². The van der Waals surface area contributed by atoms with Crippen molar-refractivity contribution in [2.24, 2.45) is 5.10 Å². The average Bonchev–Trinajstić information content (AvgIpc) is 3.52. The van der Waals surface area contributed by atoms with Gasteiger partial charge in [-0.15, -0.1) is 0 Å². The van der Waals surface area contributed by atoms with Crippen molar-refractivity contribution in [1.82, 2.24) is 10.7 Å². The predicted molar refractivity (Wildman–Crippen MR) is 155 cm³/mol. The fraction of sp³-hybridized carbons (Fsp3) is 0.167. The summed E-state index contributed by atoms with van der Waals surface area (Å²) in [7, 11) is -4.43. The van der Waals surface area contributed by atoms with Crippen LogP contribution in [0.5, 0.6) is 5.75 Å². The number of nitrogens with one attached hydrogen (secondary N) is 2. The molecule has 0 saturated carbocycles. The molecule has 1 heterocycles. The number of sulfonamides is 1. The largest absolute Gasteiger partial charge is 0.484 e. The van der Waals surface area contributed by atoms with Gasteiger partial charge < -0.3 is 14.5 Å². The summed E-state index contributed by atoms with van der Waals surface area (Å²) in [4.78, 5) is 24.5. The Kier molecular flexibility index (Phi) is 10.1. The monoisotopic (exact) mass is 628 g/mol. The first-order valence-corrected chi connectivity index (χ1v) is 14.5. The minimum atomic E-state index is -4.73. The molecule has 0 bridgehead atoms. The van der Waals surface area contributed by atoms with Gasteiger partial charge in [-0.1, -0.05) is 23.8 Å². The quantitative estimate of drug-likeness (QED) is 0.174. The third-order valence-corrected chi connectivity index (χ3v) is 7.84. The van der Waals surface area contributed by atoms with E-state index in [2.05, 4.69) is 15.8 Å². The molecule has 10 nitrogen and oxygen atoms in total. The van der Waals surface area contributed by atoms with Crippen LogP contribution in [-0.2, 0) is 32.3 Å². The number of ether oxygens (including phenoxy) is 1. The van der Waals surface area contributed by atoms with E-state index in [9.17, 15) is 31.2 Å². The highest BCUT2D eigenvalue weighted by molar-refractivity contribution is 7.92. The molecule has 230 valence electrons. The third-order valence-electron chi connectivity index (χ3n) is 6.05. The minimum absolute atomic E-state index is 0.200. The summed E-state index contributed by atoms with van der Waals surface area (Å²) < 4.78 is 78.2. The van der Waals surface area contributed by atoms with Crippen LogP contribution >= 0.6 is 0 Å². The summed E-state index contributed by atoms with van der Waals surface area (Å²) >= 11 is 0. The Labute approximate surface area is 251 Å². The van der Waals surface area contributed by atoms with Gasteiger partial charge in [0.2, 0.25) is 0 Å². The van der Waals surface area contributed by atoms with Gasteiger partial charge in [-0.2, -0.15) is 18.3 Å². The highest BCUT2D eigenvalue weighted by Crippen LogP contribution is 2.33. The molecule has 2 amide bonds. The predicted octanol–water partition coefficient (Wildman–Crippen LogP) is 4.65. The SMILES string of the molecule is Cc1ccc(S(=O)(=O)N(CC(=O)N/N=C\c2ccc(OCC(=O)NCc3ccco3)cc2)c2cccc(C(F)(F)F)c2)cc1. The first-order valence-electron chi connectivity index (χ1n) is 13.0. The second-order valence-electron chi connectivity index (χ2n) is 9.38. The minimum Gasteiger partial charge on any atom is -0.484 e. The normalized spacial score (nSPS) is 11.7. The summed E-state index contributed by atoms with van der Waals surface area (Å²) in [6, 6.07) is 19.2. The fourth-order valence-corrected chi connectivity index (χ4v) is 5.20. The molecule has 44 heavy (non-hydrogen) atoms. The molecule has 0 spiro atoms. The van der Waals surface area contributed by atoms with Crippen LogP contribution in [0.25, 0.3) is 0 Å². The Hall–Kier alpha value is -5.11. The van der Waals surface area contributed by atoms with Crippen molar-refractivity contribution in [2.45, 2.75) is 24.5 Å². The second-order valence-corrected chi connectivity index (χ2v) is 11.2. The number of amides is 2. The molecule has 2 N–H and O–H groups in total. The van der Waals surface area contributed by atoms with Crippen molar-refractivity contribution in [3.05, 3.63) is 114 Å². The lowest BCUT2D eigenvalue weighted by Gasteiger charge is -2.24. The van der Waals surface area contributed by atoms with Gasteiger partial charge in [0.05, 0.1) is 35.2 Å². The summed E-state index contributed by atoms with van der Waals surface area (Å²) in [5.41, 5.74) is 2.09. The molecule has 4 rings (SSSR count). The van der Waals surface area contributed by atoms with Crippen LogP contribution in [0.15, 0.2) is 106 Å². The van der Waals surface area contributed by atoms with Crippen LogP contribution < -0.4 is 19.8 Å². The first-order chi connectivity index (χ1) is 20.9. The van der Waals surface area contributed by atoms with E-state index in [0.717, 1.165) is 17.7 Å². The molecule has 0 aliphatic rings. The smallest absolute Gasteiger partial charge is 0.416 e. The maximum Gasteiger partial charge on any atom is 0.416 e.